The summed E-state index contributed by atoms with van der Waals surface area (Å²) in [6.45, 7) is 7.61. The second-order valence-electron chi connectivity index (χ2n) is 4.93. The first kappa shape index (κ1) is 16.1. The van der Waals surface area contributed by atoms with Crippen LogP contribution in [0.25, 0.3) is 0 Å². The number of hydrogen-bond acceptors (Lipinski definition) is 4. The van der Waals surface area contributed by atoms with Gasteiger partial charge in [-0.15, -0.1) is 0 Å². The number of ether oxygens (including phenoxy) is 1. The fraction of sp³-hybridized carbons (Fsp3) is 0.533. The van der Waals surface area contributed by atoms with Crippen molar-refractivity contribution in [3.63, 3.8) is 0 Å². The van der Waals surface area contributed by atoms with Gasteiger partial charge in [-0.25, -0.2) is 0 Å². The summed E-state index contributed by atoms with van der Waals surface area (Å²) in [5.41, 5.74) is 1.40. The van der Waals surface area contributed by atoms with Gasteiger partial charge in [-0.2, -0.15) is 0 Å². The predicted molar refractivity (Wildman–Crippen MR) is 85.2 cm³/mol. The first-order valence-corrected chi connectivity index (χ1v) is 7.70. The number of amides is 1. The minimum Gasteiger partial charge on any atom is -0.385 e. The zero-order valence-electron chi connectivity index (χ0n) is 12.3. The average Bonchev–Trinajstić information content (AvgIpc) is 2.50. The number of morpholine rings is 1. The molecule has 0 atom stereocenters. The van der Waals surface area contributed by atoms with E-state index in [-0.39, 0.29) is 5.91 Å². The first-order valence-electron chi connectivity index (χ1n) is 7.32. The Kier molecular flexibility index (Phi) is 6.29. The van der Waals surface area contributed by atoms with Crippen LogP contribution < -0.4 is 10.6 Å². The molecule has 1 aromatic carbocycles. The Hall–Kier alpha value is -1.30. The molecule has 0 aromatic heterocycles. The van der Waals surface area contributed by atoms with Gasteiger partial charge in [0, 0.05) is 43.4 Å². The molecule has 6 heteroatoms. The quantitative estimate of drug-likeness (QED) is 0.841. The summed E-state index contributed by atoms with van der Waals surface area (Å²) in [5.74, 6) is -0.0956. The Morgan fingerprint density at radius 1 is 1.38 bits per heavy atom. The van der Waals surface area contributed by atoms with Gasteiger partial charge in [0.15, 0.2) is 0 Å². The highest BCUT2D eigenvalue weighted by Crippen LogP contribution is 2.20. The van der Waals surface area contributed by atoms with Crippen LogP contribution in [0, 0.1) is 0 Å². The molecule has 1 heterocycles. The lowest BCUT2D eigenvalue weighted by Gasteiger charge is -2.26. The van der Waals surface area contributed by atoms with Crippen molar-refractivity contribution < 1.29 is 9.53 Å². The third-order valence-corrected chi connectivity index (χ3v) is 3.65. The Morgan fingerprint density at radius 3 is 2.86 bits per heavy atom. The van der Waals surface area contributed by atoms with Crippen LogP contribution in [0.3, 0.4) is 0 Å². The van der Waals surface area contributed by atoms with Gasteiger partial charge in [-0.3, -0.25) is 9.69 Å². The van der Waals surface area contributed by atoms with Crippen molar-refractivity contribution in [3.8, 4) is 0 Å². The number of hydrogen-bond donors (Lipinski definition) is 2. The molecular weight excluding hydrogens is 290 g/mol. The largest absolute Gasteiger partial charge is 0.385 e. The fourth-order valence-electron chi connectivity index (χ4n) is 2.30. The molecule has 1 aromatic rings. The number of rotatable bonds is 6. The Balaban J connectivity index is 1.88. The van der Waals surface area contributed by atoms with Crippen LogP contribution >= 0.6 is 11.6 Å². The first-order chi connectivity index (χ1) is 10.2. The van der Waals surface area contributed by atoms with Crippen LogP contribution in [0.15, 0.2) is 18.2 Å². The minimum absolute atomic E-state index is 0.0956. The highest BCUT2D eigenvalue weighted by atomic mass is 35.5. The molecule has 0 spiro atoms. The zero-order valence-corrected chi connectivity index (χ0v) is 13.1. The number of carbonyl (C=O) groups excluding carboxylic acids is 1. The Labute approximate surface area is 130 Å². The number of nitrogens with zero attached hydrogens (tertiary/aromatic N) is 1. The lowest BCUT2D eigenvalue weighted by atomic mass is 10.1. The van der Waals surface area contributed by atoms with Crippen molar-refractivity contribution in [1.82, 2.24) is 10.2 Å². The molecule has 1 fully saturated rings. The zero-order chi connectivity index (χ0) is 15.1. The molecule has 0 bridgehead atoms. The predicted octanol–water partition coefficient (Wildman–Crippen LogP) is 1.83. The molecule has 1 aliphatic rings. The van der Waals surface area contributed by atoms with Gasteiger partial charge in [0.1, 0.15) is 0 Å². The van der Waals surface area contributed by atoms with Crippen LogP contribution in [0.2, 0.25) is 5.02 Å². The topological polar surface area (TPSA) is 53.6 Å². The van der Waals surface area contributed by atoms with Crippen LogP contribution in [-0.4, -0.2) is 56.7 Å². The molecule has 1 saturated heterocycles. The molecule has 2 rings (SSSR count). The van der Waals surface area contributed by atoms with Gasteiger partial charge in [0.25, 0.3) is 5.91 Å². The second-order valence-corrected chi connectivity index (χ2v) is 5.37. The third kappa shape index (κ3) is 4.88. The van der Waals surface area contributed by atoms with E-state index in [9.17, 15) is 4.79 Å². The van der Waals surface area contributed by atoms with Crippen LogP contribution in [-0.2, 0) is 4.74 Å². The molecule has 1 aliphatic heterocycles. The number of carbonyl (C=O) groups is 1. The van der Waals surface area contributed by atoms with Crippen LogP contribution in [0.5, 0.6) is 0 Å². The Bertz CT molecular complexity index is 476. The molecule has 0 unspecified atom stereocenters. The normalized spacial score (nSPS) is 15.7. The smallest absolute Gasteiger partial charge is 0.253 e. The molecule has 5 nitrogen and oxygen atoms in total. The second kappa shape index (κ2) is 8.22. The third-order valence-electron chi connectivity index (χ3n) is 3.41. The van der Waals surface area contributed by atoms with Gasteiger partial charge in [-0.05, 0) is 25.1 Å². The lowest BCUT2D eigenvalue weighted by Crippen LogP contribution is -2.41. The van der Waals surface area contributed by atoms with Crippen molar-refractivity contribution >= 4 is 23.2 Å². The summed E-state index contributed by atoms with van der Waals surface area (Å²) in [4.78, 5) is 14.6. The summed E-state index contributed by atoms with van der Waals surface area (Å²) in [5, 5.41) is 6.69. The maximum absolute atomic E-state index is 12.3. The maximum atomic E-state index is 12.3. The van der Waals surface area contributed by atoms with E-state index in [0.29, 0.717) is 17.1 Å². The number of anilines is 1. The van der Waals surface area contributed by atoms with E-state index >= 15 is 0 Å². The fourth-order valence-corrected chi connectivity index (χ4v) is 2.47. The van der Waals surface area contributed by atoms with Crippen molar-refractivity contribution in [2.75, 3.05) is 51.3 Å². The molecule has 0 radical (unpaired) electrons. The summed E-state index contributed by atoms with van der Waals surface area (Å²) < 4.78 is 5.30. The molecule has 21 heavy (non-hydrogen) atoms. The highest BCUT2D eigenvalue weighted by molar-refractivity contribution is 6.31. The van der Waals surface area contributed by atoms with Gasteiger partial charge in [0.2, 0.25) is 0 Å². The molecule has 1 amide bonds. The van der Waals surface area contributed by atoms with E-state index in [2.05, 4.69) is 15.5 Å². The van der Waals surface area contributed by atoms with E-state index in [0.717, 1.165) is 45.1 Å². The highest BCUT2D eigenvalue weighted by Gasteiger charge is 2.13. The minimum atomic E-state index is -0.0956. The van der Waals surface area contributed by atoms with Crippen molar-refractivity contribution in [2.45, 2.75) is 6.92 Å². The van der Waals surface area contributed by atoms with Gasteiger partial charge in [0.05, 0.1) is 18.8 Å². The van der Waals surface area contributed by atoms with E-state index in [1.807, 2.05) is 13.0 Å². The standard InChI is InChI=1S/C15H22ClN3O2/c1-2-17-14-4-3-12(16)11-13(14)15(20)18-5-6-19-7-9-21-10-8-19/h3-4,11,17H,2,5-10H2,1H3,(H,18,20). The molecular formula is C15H22ClN3O2. The molecule has 2 N–H and O–H groups in total. The van der Waals surface area contributed by atoms with Crippen LogP contribution in [0.1, 0.15) is 17.3 Å². The molecule has 0 saturated carbocycles. The SMILES string of the molecule is CCNc1ccc(Cl)cc1C(=O)NCCN1CCOCC1. The maximum Gasteiger partial charge on any atom is 0.253 e. The van der Waals surface area contributed by atoms with Crippen molar-refractivity contribution in [1.29, 1.82) is 0 Å². The van der Waals surface area contributed by atoms with E-state index in [4.69, 9.17) is 16.3 Å². The summed E-state index contributed by atoms with van der Waals surface area (Å²) in [7, 11) is 0. The van der Waals surface area contributed by atoms with E-state index < -0.39 is 0 Å². The van der Waals surface area contributed by atoms with Crippen molar-refractivity contribution in [2.24, 2.45) is 0 Å². The summed E-state index contributed by atoms with van der Waals surface area (Å²) >= 11 is 5.99. The van der Waals surface area contributed by atoms with Crippen LogP contribution in [0.4, 0.5) is 5.69 Å². The van der Waals surface area contributed by atoms with Gasteiger partial charge in [-0.1, -0.05) is 11.6 Å². The molecule has 0 aliphatic carbocycles. The summed E-state index contributed by atoms with van der Waals surface area (Å²) in [6, 6.07) is 5.32. The van der Waals surface area contributed by atoms with Gasteiger partial charge < -0.3 is 15.4 Å². The summed E-state index contributed by atoms with van der Waals surface area (Å²) in [6.07, 6.45) is 0. The number of benzene rings is 1. The number of nitrogens with one attached hydrogen (secondary N) is 2. The van der Waals surface area contributed by atoms with E-state index in [1.54, 1.807) is 12.1 Å². The molecule has 116 valence electrons. The van der Waals surface area contributed by atoms with Crippen molar-refractivity contribution in [3.05, 3.63) is 28.8 Å². The van der Waals surface area contributed by atoms with E-state index in [1.165, 1.54) is 0 Å². The number of halogens is 1. The van der Waals surface area contributed by atoms with Gasteiger partial charge >= 0.3 is 0 Å². The monoisotopic (exact) mass is 311 g/mol. The lowest BCUT2D eigenvalue weighted by molar-refractivity contribution is 0.0383. The average molecular weight is 312 g/mol. The Morgan fingerprint density at radius 2 is 2.14 bits per heavy atom.